The van der Waals surface area contributed by atoms with Gasteiger partial charge in [-0.15, -0.1) is 5.11 Å². The van der Waals surface area contributed by atoms with Crippen molar-refractivity contribution in [1.82, 2.24) is 0 Å². The fourth-order valence-corrected chi connectivity index (χ4v) is 5.37. The minimum Gasteiger partial charge on any atom is -0.494 e. The van der Waals surface area contributed by atoms with Gasteiger partial charge in [-0.2, -0.15) is 15.3 Å². The molecule has 0 saturated carbocycles. The maximum Gasteiger partial charge on any atom is 0.311 e. The summed E-state index contributed by atoms with van der Waals surface area (Å²) >= 11 is 0. The zero-order valence-electron chi connectivity index (χ0n) is 30.7. The van der Waals surface area contributed by atoms with Crippen LogP contribution in [0.5, 0.6) is 5.75 Å². The van der Waals surface area contributed by atoms with Gasteiger partial charge in [-0.25, -0.2) is 0 Å². The number of non-ortho nitro benzene ring substituents is 1. The maximum atomic E-state index is 12.8. The molecule has 270 valence electrons. The zero-order chi connectivity index (χ0) is 36.4. The molecule has 0 aliphatic heterocycles. The Bertz CT molecular complexity index is 1550. The topological polar surface area (TPSA) is 131 Å². The predicted molar refractivity (Wildman–Crippen MR) is 200 cm³/mol. The van der Waals surface area contributed by atoms with Gasteiger partial charge in [0.15, 0.2) is 0 Å². The largest absolute Gasteiger partial charge is 0.494 e. The lowest BCUT2D eigenvalue weighted by molar-refractivity contribution is -0.384. The van der Waals surface area contributed by atoms with Gasteiger partial charge in [-0.1, -0.05) is 65.7 Å². The highest BCUT2D eigenvalue weighted by Gasteiger charge is 2.30. The molecular formula is C39H54N6O5. The zero-order valence-corrected chi connectivity index (χ0v) is 30.7. The highest BCUT2D eigenvalue weighted by Crippen LogP contribution is 2.37. The van der Waals surface area contributed by atoms with Crippen molar-refractivity contribution in [2.45, 2.75) is 98.8 Å². The van der Waals surface area contributed by atoms with Crippen molar-refractivity contribution in [3.8, 4) is 5.75 Å². The van der Waals surface area contributed by atoms with Crippen molar-refractivity contribution in [2.24, 2.45) is 25.9 Å². The molecular weight excluding hydrogens is 632 g/mol. The number of methoxy groups -OCH3 is 1. The van der Waals surface area contributed by atoms with Crippen LogP contribution in [0.2, 0.25) is 0 Å². The van der Waals surface area contributed by atoms with Crippen LogP contribution in [0, 0.1) is 22.5 Å². The molecule has 3 rings (SSSR count). The van der Waals surface area contributed by atoms with Crippen molar-refractivity contribution in [1.29, 1.82) is 0 Å². The Hall–Kier alpha value is -4.67. The first-order chi connectivity index (χ1) is 24.1. The van der Waals surface area contributed by atoms with E-state index in [4.69, 9.17) is 9.47 Å². The number of esters is 1. The normalized spacial score (nSPS) is 11.7. The lowest BCUT2D eigenvalue weighted by Crippen LogP contribution is -2.33. The summed E-state index contributed by atoms with van der Waals surface area (Å²) in [6.07, 6.45) is 11.5. The number of nitrogens with zero attached hydrogens (tertiary/aromatic N) is 6. The first kappa shape index (κ1) is 39.8. The van der Waals surface area contributed by atoms with Gasteiger partial charge in [0.05, 0.1) is 41.1 Å². The number of rotatable bonds is 22. The fourth-order valence-electron chi connectivity index (χ4n) is 5.37. The van der Waals surface area contributed by atoms with E-state index in [0.29, 0.717) is 41.7 Å². The predicted octanol–water partition coefficient (Wildman–Crippen LogP) is 12.1. The molecule has 0 saturated heterocycles. The summed E-state index contributed by atoms with van der Waals surface area (Å²) in [5.74, 6) is 0.360. The summed E-state index contributed by atoms with van der Waals surface area (Å²) in [6.45, 7) is 12.0. The molecule has 0 aromatic heterocycles. The third kappa shape index (κ3) is 12.3. The molecule has 0 aliphatic rings. The second-order valence-corrected chi connectivity index (χ2v) is 12.9. The Kier molecular flexibility index (Phi) is 16.5. The highest BCUT2D eigenvalue weighted by atomic mass is 16.6. The summed E-state index contributed by atoms with van der Waals surface area (Å²) < 4.78 is 11.3. The smallest absolute Gasteiger partial charge is 0.311 e. The number of anilines is 1. The second-order valence-electron chi connectivity index (χ2n) is 12.9. The number of azo groups is 2. The third-order valence-electron chi connectivity index (χ3n) is 9.25. The minimum atomic E-state index is -0.456. The van der Waals surface area contributed by atoms with Crippen molar-refractivity contribution >= 4 is 40.1 Å². The van der Waals surface area contributed by atoms with Crippen LogP contribution in [0.25, 0.3) is 0 Å². The van der Waals surface area contributed by atoms with Crippen molar-refractivity contribution in [2.75, 3.05) is 31.7 Å². The summed E-state index contributed by atoms with van der Waals surface area (Å²) in [5, 5.41) is 28.4. The summed E-state index contributed by atoms with van der Waals surface area (Å²) in [4.78, 5) is 25.5. The van der Waals surface area contributed by atoms with Gasteiger partial charge in [0.25, 0.3) is 5.69 Å². The van der Waals surface area contributed by atoms with E-state index in [9.17, 15) is 14.9 Å². The molecule has 11 heteroatoms. The Labute approximate surface area is 297 Å². The van der Waals surface area contributed by atoms with Crippen molar-refractivity contribution in [3.05, 3.63) is 76.3 Å². The first-order valence-electron chi connectivity index (χ1n) is 17.9. The molecule has 3 aromatic rings. The van der Waals surface area contributed by atoms with E-state index in [1.807, 2.05) is 58.0 Å². The van der Waals surface area contributed by atoms with E-state index in [2.05, 4.69) is 32.3 Å². The van der Waals surface area contributed by atoms with Crippen LogP contribution >= 0.6 is 0 Å². The molecule has 0 atom stereocenters. The molecule has 50 heavy (non-hydrogen) atoms. The maximum absolute atomic E-state index is 12.8. The first-order valence-corrected chi connectivity index (χ1v) is 17.9. The van der Waals surface area contributed by atoms with Gasteiger partial charge in [-0.3, -0.25) is 14.9 Å². The fraction of sp³-hybridized carbons (Fsp3) is 0.513. The number of nitro groups is 1. The van der Waals surface area contributed by atoms with Crippen LogP contribution < -0.4 is 9.64 Å². The highest BCUT2D eigenvalue weighted by molar-refractivity contribution is 5.76. The molecule has 0 amide bonds. The standard InChI is InChI=1S/C39H54N6O5/c1-7-10-11-12-13-14-15-16-25-44(26-27-50-38(46)39(5,8-2)9-3)33-21-17-31(18-22-33)41-43-36-28-30(4)35(29-37(36)49-6)42-40-32-19-23-34(24-20-32)45(47)48/h17-24,28-29H,7-16,25-27H2,1-6H3/b42-40+,43-41+. The number of ether oxygens (including phenoxy) is 2. The molecule has 0 spiro atoms. The van der Waals surface area contributed by atoms with Crippen LogP contribution in [0.4, 0.5) is 34.1 Å². The van der Waals surface area contributed by atoms with E-state index in [0.717, 1.165) is 37.1 Å². The van der Waals surface area contributed by atoms with Gasteiger partial charge >= 0.3 is 5.97 Å². The van der Waals surface area contributed by atoms with Gasteiger partial charge in [0, 0.05) is 30.4 Å². The van der Waals surface area contributed by atoms with E-state index >= 15 is 0 Å². The summed E-state index contributed by atoms with van der Waals surface area (Å²) in [6, 6.07) is 17.4. The minimum absolute atomic E-state index is 0.00743. The number of unbranched alkanes of at least 4 members (excludes halogenated alkanes) is 7. The van der Waals surface area contributed by atoms with Gasteiger partial charge in [0.2, 0.25) is 0 Å². The molecule has 3 aromatic carbocycles. The quantitative estimate of drug-likeness (QED) is 0.0340. The molecule has 0 heterocycles. The van der Waals surface area contributed by atoms with Crippen LogP contribution in [-0.4, -0.2) is 37.7 Å². The van der Waals surface area contributed by atoms with E-state index in [1.165, 1.54) is 57.1 Å². The molecule has 11 nitrogen and oxygen atoms in total. The SMILES string of the molecule is CCCCCCCCCCN(CCOC(=O)C(C)(CC)CC)c1ccc(/N=N/c2cc(C)c(/N=N/c3ccc([N+](=O)[O-])cc3)cc2OC)cc1. The molecule has 0 bridgehead atoms. The number of carbonyl (C=O) groups is 1. The average Bonchev–Trinajstić information content (AvgIpc) is 3.13. The average molecular weight is 687 g/mol. The number of hydrogen-bond acceptors (Lipinski definition) is 10. The lowest BCUT2D eigenvalue weighted by Gasteiger charge is -2.27. The lowest BCUT2D eigenvalue weighted by atomic mass is 9.85. The monoisotopic (exact) mass is 686 g/mol. The van der Waals surface area contributed by atoms with Crippen molar-refractivity contribution in [3.63, 3.8) is 0 Å². The van der Waals surface area contributed by atoms with Crippen LogP contribution in [0.1, 0.15) is 97.5 Å². The Morgan fingerprint density at radius 2 is 1.34 bits per heavy atom. The molecule has 0 radical (unpaired) electrons. The summed E-state index contributed by atoms with van der Waals surface area (Å²) in [5.41, 5.74) is 3.73. The van der Waals surface area contributed by atoms with Crippen LogP contribution in [-0.2, 0) is 9.53 Å². The number of benzene rings is 3. The Balaban J connectivity index is 1.68. The molecule has 0 unspecified atom stereocenters. The van der Waals surface area contributed by atoms with Gasteiger partial charge < -0.3 is 14.4 Å². The Morgan fingerprint density at radius 3 is 1.90 bits per heavy atom. The Morgan fingerprint density at radius 1 is 0.780 bits per heavy atom. The second kappa shape index (κ2) is 20.8. The van der Waals surface area contributed by atoms with E-state index < -0.39 is 10.3 Å². The molecule has 0 aliphatic carbocycles. The third-order valence-corrected chi connectivity index (χ3v) is 9.25. The number of aryl methyl sites for hydroxylation is 1. The number of carbonyl (C=O) groups excluding carboxylic acids is 1. The number of nitro benzene ring substituents is 1. The summed E-state index contributed by atoms with van der Waals surface area (Å²) in [7, 11) is 1.55. The van der Waals surface area contributed by atoms with Crippen LogP contribution in [0.15, 0.2) is 81.1 Å². The molecule has 0 N–H and O–H groups in total. The van der Waals surface area contributed by atoms with Crippen LogP contribution in [0.3, 0.4) is 0 Å². The van der Waals surface area contributed by atoms with Gasteiger partial charge in [0.1, 0.15) is 18.0 Å². The van der Waals surface area contributed by atoms with Crippen molar-refractivity contribution < 1.29 is 19.2 Å². The number of hydrogen-bond donors (Lipinski definition) is 0. The van der Waals surface area contributed by atoms with E-state index in [-0.39, 0.29) is 11.7 Å². The van der Waals surface area contributed by atoms with Gasteiger partial charge in [-0.05, 0) is 81.1 Å². The molecule has 0 fully saturated rings. The van der Waals surface area contributed by atoms with E-state index in [1.54, 1.807) is 25.3 Å².